The summed E-state index contributed by atoms with van der Waals surface area (Å²) in [4.78, 5) is 13.6. The van der Waals surface area contributed by atoms with E-state index in [0.717, 1.165) is 37.3 Å². The van der Waals surface area contributed by atoms with E-state index in [-0.39, 0.29) is 0 Å². The number of aliphatic carboxylic acids is 1. The smallest absolute Gasteiger partial charge is 0.325 e. The number of benzene rings is 1. The molecule has 5 heteroatoms. The molecule has 0 bridgehead atoms. The summed E-state index contributed by atoms with van der Waals surface area (Å²) in [6.07, 6.45) is 0. The van der Waals surface area contributed by atoms with Gasteiger partial charge in [0.2, 0.25) is 0 Å². The Hall–Kier alpha value is -1.59. The van der Waals surface area contributed by atoms with Crippen molar-refractivity contribution in [2.75, 3.05) is 33.3 Å². The molecule has 5 nitrogen and oxygen atoms in total. The van der Waals surface area contributed by atoms with Gasteiger partial charge in [-0.1, -0.05) is 17.7 Å². The van der Waals surface area contributed by atoms with Crippen molar-refractivity contribution in [2.24, 2.45) is 0 Å². The third-order valence-electron chi connectivity index (χ3n) is 3.43. The Balaban J connectivity index is 2.37. The van der Waals surface area contributed by atoms with Crippen molar-refractivity contribution in [1.82, 2.24) is 10.2 Å². The Morgan fingerprint density at radius 3 is 2.68 bits per heavy atom. The fourth-order valence-corrected chi connectivity index (χ4v) is 2.49. The summed E-state index contributed by atoms with van der Waals surface area (Å²) in [5.74, 6) is -0.192. The van der Waals surface area contributed by atoms with E-state index in [9.17, 15) is 9.90 Å². The molecule has 2 N–H and O–H groups in total. The van der Waals surface area contributed by atoms with Gasteiger partial charge in [0, 0.05) is 31.7 Å². The third-order valence-corrected chi connectivity index (χ3v) is 3.43. The zero-order valence-corrected chi connectivity index (χ0v) is 11.3. The number of piperazine rings is 1. The topological polar surface area (TPSA) is 61.8 Å². The molecule has 1 unspecified atom stereocenters. The van der Waals surface area contributed by atoms with Gasteiger partial charge >= 0.3 is 5.97 Å². The second-order valence-corrected chi connectivity index (χ2v) is 4.77. The largest absolute Gasteiger partial charge is 0.496 e. The third kappa shape index (κ3) is 3.05. The zero-order valence-electron chi connectivity index (χ0n) is 11.3. The summed E-state index contributed by atoms with van der Waals surface area (Å²) < 4.78 is 5.32. The molecule has 1 aromatic carbocycles. The number of nitrogens with one attached hydrogen (secondary N) is 1. The van der Waals surface area contributed by atoms with Crippen LogP contribution in [0.25, 0.3) is 0 Å². The molecule has 1 saturated heterocycles. The van der Waals surface area contributed by atoms with E-state index >= 15 is 0 Å². The number of nitrogens with zero attached hydrogens (tertiary/aromatic N) is 1. The van der Waals surface area contributed by atoms with Crippen molar-refractivity contribution in [3.63, 3.8) is 0 Å². The molecular weight excluding hydrogens is 244 g/mol. The molecule has 0 spiro atoms. The summed E-state index contributed by atoms with van der Waals surface area (Å²) in [6, 6.07) is 5.03. The summed E-state index contributed by atoms with van der Waals surface area (Å²) >= 11 is 0. The van der Waals surface area contributed by atoms with Crippen molar-refractivity contribution in [3.8, 4) is 5.75 Å². The molecule has 0 saturated carbocycles. The molecule has 1 aromatic rings. The average molecular weight is 264 g/mol. The van der Waals surface area contributed by atoms with Crippen LogP contribution < -0.4 is 10.1 Å². The van der Waals surface area contributed by atoms with E-state index < -0.39 is 12.0 Å². The van der Waals surface area contributed by atoms with Gasteiger partial charge in [-0.2, -0.15) is 0 Å². The Labute approximate surface area is 113 Å². The Bertz CT molecular complexity index is 456. The number of hydrogen-bond donors (Lipinski definition) is 2. The lowest BCUT2D eigenvalue weighted by Crippen LogP contribution is -2.47. The molecule has 1 fully saturated rings. The average Bonchev–Trinajstić information content (AvgIpc) is 2.40. The molecule has 2 rings (SSSR count). The molecule has 0 aliphatic carbocycles. The molecule has 1 heterocycles. The maximum absolute atomic E-state index is 11.7. The lowest BCUT2D eigenvalue weighted by molar-refractivity contribution is -0.144. The summed E-state index contributed by atoms with van der Waals surface area (Å²) in [5.41, 5.74) is 1.77. The first-order valence-electron chi connectivity index (χ1n) is 6.45. The predicted octanol–water partition coefficient (Wildman–Crippen LogP) is 1.03. The van der Waals surface area contributed by atoms with Crippen LogP contribution in [0.4, 0.5) is 0 Å². The molecule has 0 aromatic heterocycles. The Morgan fingerprint density at radius 2 is 2.11 bits per heavy atom. The fourth-order valence-electron chi connectivity index (χ4n) is 2.49. The van der Waals surface area contributed by atoms with Gasteiger partial charge in [0.1, 0.15) is 11.8 Å². The second kappa shape index (κ2) is 6.04. The molecule has 104 valence electrons. The highest BCUT2D eigenvalue weighted by Gasteiger charge is 2.30. The van der Waals surface area contributed by atoms with E-state index in [4.69, 9.17) is 4.74 Å². The molecule has 1 aliphatic heterocycles. The molecule has 19 heavy (non-hydrogen) atoms. The quantitative estimate of drug-likeness (QED) is 0.850. The number of rotatable bonds is 4. The van der Waals surface area contributed by atoms with Gasteiger partial charge < -0.3 is 15.2 Å². The van der Waals surface area contributed by atoms with Crippen LogP contribution >= 0.6 is 0 Å². The highest BCUT2D eigenvalue weighted by molar-refractivity contribution is 5.77. The highest BCUT2D eigenvalue weighted by atomic mass is 16.5. The summed E-state index contributed by atoms with van der Waals surface area (Å²) in [5, 5.41) is 12.8. The van der Waals surface area contributed by atoms with Gasteiger partial charge in [-0.3, -0.25) is 9.69 Å². The molecule has 1 atom stereocenters. The van der Waals surface area contributed by atoms with Gasteiger partial charge in [0.25, 0.3) is 0 Å². The highest BCUT2D eigenvalue weighted by Crippen LogP contribution is 2.30. The standard InChI is InChI=1S/C14H20N2O3/c1-10-3-4-12(19-2)11(9-10)13(14(17)18)16-7-5-15-6-8-16/h3-4,9,13,15H,5-8H2,1-2H3,(H,17,18). The van der Waals surface area contributed by atoms with Crippen LogP contribution in [0, 0.1) is 6.92 Å². The second-order valence-electron chi connectivity index (χ2n) is 4.77. The molecule has 0 amide bonds. The van der Waals surface area contributed by atoms with E-state index in [1.54, 1.807) is 7.11 Å². The number of carboxylic acids is 1. The van der Waals surface area contributed by atoms with E-state index in [2.05, 4.69) is 5.32 Å². The van der Waals surface area contributed by atoms with Crippen LogP contribution in [0.1, 0.15) is 17.2 Å². The van der Waals surface area contributed by atoms with E-state index in [1.165, 1.54) is 0 Å². The van der Waals surface area contributed by atoms with Crippen molar-refractivity contribution < 1.29 is 14.6 Å². The fraction of sp³-hybridized carbons (Fsp3) is 0.500. The minimum atomic E-state index is -0.828. The molecule has 1 aliphatic rings. The van der Waals surface area contributed by atoms with Crippen molar-refractivity contribution in [1.29, 1.82) is 0 Å². The minimum Gasteiger partial charge on any atom is -0.496 e. The van der Waals surface area contributed by atoms with Crippen LogP contribution in [0.2, 0.25) is 0 Å². The Morgan fingerprint density at radius 1 is 1.42 bits per heavy atom. The van der Waals surface area contributed by atoms with Crippen molar-refractivity contribution >= 4 is 5.97 Å². The number of hydrogen-bond acceptors (Lipinski definition) is 4. The predicted molar refractivity (Wildman–Crippen MR) is 72.6 cm³/mol. The first-order valence-corrected chi connectivity index (χ1v) is 6.45. The first kappa shape index (κ1) is 13.8. The molecular formula is C14H20N2O3. The number of ether oxygens (including phenoxy) is 1. The van der Waals surface area contributed by atoms with Gasteiger partial charge in [-0.25, -0.2) is 0 Å². The maximum Gasteiger partial charge on any atom is 0.325 e. The normalized spacial score (nSPS) is 18.0. The minimum absolute atomic E-state index is 0.636. The SMILES string of the molecule is COc1ccc(C)cc1C(C(=O)O)N1CCNCC1. The van der Waals surface area contributed by atoms with Crippen LogP contribution in [0.5, 0.6) is 5.75 Å². The number of methoxy groups -OCH3 is 1. The Kier molecular flexibility index (Phi) is 4.39. The monoisotopic (exact) mass is 264 g/mol. The van der Waals surface area contributed by atoms with Crippen molar-refractivity contribution in [2.45, 2.75) is 13.0 Å². The van der Waals surface area contributed by atoms with Gasteiger partial charge in [0.15, 0.2) is 0 Å². The summed E-state index contributed by atoms with van der Waals surface area (Å²) in [7, 11) is 1.57. The zero-order chi connectivity index (χ0) is 13.8. The van der Waals surface area contributed by atoms with Crippen LogP contribution in [0.3, 0.4) is 0 Å². The van der Waals surface area contributed by atoms with Crippen LogP contribution in [-0.4, -0.2) is 49.3 Å². The lowest BCUT2D eigenvalue weighted by atomic mass is 10.0. The summed E-state index contributed by atoms with van der Waals surface area (Å²) in [6.45, 7) is 5.05. The maximum atomic E-state index is 11.7. The number of aryl methyl sites for hydroxylation is 1. The van der Waals surface area contributed by atoms with Crippen LogP contribution in [-0.2, 0) is 4.79 Å². The van der Waals surface area contributed by atoms with E-state index in [1.807, 2.05) is 30.0 Å². The first-order chi connectivity index (χ1) is 9.13. The number of carbonyl (C=O) groups is 1. The molecule has 0 radical (unpaired) electrons. The van der Waals surface area contributed by atoms with E-state index in [0.29, 0.717) is 5.75 Å². The van der Waals surface area contributed by atoms with Crippen molar-refractivity contribution in [3.05, 3.63) is 29.3 Å². The van der Waals surface area contributed by atoms with Crippen LogP contribution in [0.15, 0.2) is 18.2 Å². The lowest BCUT2D eigenvalue weighted by Gasteiger charge is -2.33. The van der Waals surface area contributed by atoms with Gasteiger partial charge in [-0.15, -0.1) is 0 Å². The van der Waals surface area contributed by atoms with Gasteiger partial charge in [0.05, 0.1) is 7.11 Å². The van der Waals surface area contributed by atoms with Gasteiger partial charge in [-0.05, 0) is 13.0 Å². The number of carboxylic acid groups (broad SMARTS) is 1.